The van der Waals surface area contributed by atoms with Crippen LogP contribution in [0.25, 0.3) is 0 Å². The highest BCUT2D eigenvalue weighted by molar-refractivity contribution is 5.95. The van der Waals surface area contributed by atoms with E-state index in [1.165, 1.54) is 18.2 Å². The molecular weight excluding hydrogens is 361 g/mol. The fourth-order valence-electron chi connectivity index (χ4n) is 2.30. The van der Waals surface area contributed by atoms with Crippen LogP contribution in [0.1, 0.15) is 18.1 Å². The first kappa shape index (κ1) is 20.3. The minimum Gasteiger partial charge on any atom is -0.494 e. The normalized spacial score (nSPS) is 11.0. The Kier molecular flexibility index (Phi) is 6.81. The van der Waals surface area contributed by atoms with Gasteiger partial charge in [-0.1, -0.05) is 30.3 Å². The number of para-hydroxylation sites is 1. The monoisotopic (exact) mass is 380 g/mol. The van der Waals surface area contributed by atoms with E-state index in [4.69, 9.17) is 4.74 Å². The number of amides is 2. The average molecular weight is 380 g/mol. The summed E-state index contributed by atoms with van der Waals surface area (Å²) < 4.78 is 42.6. The topological polar surface area (TPSA) is 67.4 Å². The molecule has 0 aliphatic carbocycles. The van der Waals surface area contributed by atoms with Crippen LogP contribution >= 0.6 is 0 Å². The van der Waals surface area contributed by atoms with Crippen LogP contribution in [0.15, 0.2) is 48.5 Å². The Labute approximate surface area is 154 Å². The van der Waals surface area contributed by atoms with Crippen LogP contribution in [-0.4, -0.2) is 24.6 Å². The van der Waals surface area contributed by atoms with E-state index in [1.54, 1.807) is 30.3 Å². The molecule has 0 aromatic heterocycles. The molecule has 27 heavy (non-hydrogen) atoms. The van der Waals surface area contributed by atoms with Gasteiger partial charge in [-0.15, -0.1) is 0 Å². The third-order valence-corrected chi connectivity index (χ3v) is 3.60. The zero-order chi connectivity index (χ0) is 19.9. The number of alkyl halides is 3. The summed E-state index contributed by atoms with van der Waals surface area (Å²) >= 11 is 0. The van der Waals surface area contributed by atoms with Crippen molar-refractivity contribution in [3.63, 3.8) is 0 Å². The maximum absolute atomic E-state index is 12.4. The lowest BCUT2D eigenvalue weighted by atomic mass is 10.1. The van der Waals surface area contributed by atoms with E-state index >= 15 is 0 Å². The van der Waals surface area contributed by atoms with E-state index in [0.29, 0.717) is 17.9 Å². The van der Waals surface area contributed by atoms with Crippen LogP contribution in [0.4, 0.5) is 18.9 Å². The van der Waals surface area contributed by atoms with Crippen LogP contribution in [0, 0.1) is 0 Å². The van der Waals surface area contributed by atoms with Gasteiger partial charge < -0.3 is 15.4 Å². The van der Waals surface area contributed by atoms with Gasteiger partial charge in [0.05, 0.1) is 13.0 Å². The van der Waals surface area contributed by atoms with Crippen molar-refractivity contribution < 1.29 is 27.5 Å². The van der Waals surface area contributed by atoms with E-state index in [0.717, 1.165) is 5.56 Å². The van der Waals surface area contributed by atoms with E-state index < -0.39 is 12.1 Å². The zero-order valence-corrected chi connectivity index (χ0v) is 14.6. The highest BCUT2D eigenvalue weighted by Crippen LogP contribution is 2.21. The van der Waals surface area contributed by atoms with Gasteiger partial charge in [-0.2, -0.15) is 13.2 Å². The summed E-state index contributed by atoms with van der Waals surface area (Å²) in [6.45, 7) is 2.41. The van der Waals surface area contributed by atoms with Gasteiger partial charge in [0.25, 0.3) is 0 Å². The fourth-order valence-corrected chi connectivity index (χ4v) is 2.30. The summed E-state index contributed by atoms with van der Waals surface area (Å²) in [5.74, 6) is -1.65. The Morgan fingerprint density at radius 3 is 2.33 bits per heavy atom. The zero-order valence-electron chi connectivity index (χ0n) is 14.6. The molecule has 0 radical (unpaired) electrons. The molecule has 2 aromatic carbocycles. The molecule has 0 unspecified atom stereocenters. The Balaban J connectivity index is 1.94. The van der Waals surface area contributed by atoms with Crippen molar-refractivity contribution in [3.8, 4) is 5.75 Å². The summed E-state index contributed by atoms with van der Waals surface area (Å²) in [6, 6.07) is 13.0. The minimum absolute atomic E-state index is 0.00110. The quantitative estimate of drug-likeness (QED) is 0.773. The molecular formula is C19H19F3N2O3. The van der Waals surface area contributed by atoms with Crippen molar-refractivity contribution in [2.24, 2.45) is 0 Å². The molecule has 0 bridgehead atoms. The molecule has 5 nitrogen and oxygen atoms in total. The first-order valence-electron chi connectivity index (χ1n) is 8.24. The number of hydrogen-bond donors (Lipinski definition) is 2. The van der Waals surface area contributed by atoms with Crippen molar-refractivity contribution in [2.45, 2.75) is 26.1 Å². The minimum atomic E-state index is -4.98. The molecule has 0 spiro atoms. The molecule has 2 aromatic rings. The second-order valence-electron chi connectivity index (χ2n) is 5.64. The first-order valence-corrected chi connectivity index (χ1v) is 8.24. The van der Waals surface area contributed by atoms with Crippen molar-refractivity contribution in [2.75, 3.05) is 11.9 Å². The van der Waals surface area contributed by atoms with E-state index in [-0.39, 0.29) is 24.6 Å². The van der Waals surface area contributed by atoms with Crippen molar-refractivity contribution >= 4 is 17.5 Å². The predicted octanol–water partition coefficient (Wildman–Crippen LogP) is 3.45. The molecule has 2 N–H and O–H groups in total. The summed E-state index contributed by atoms with van der Waals surface area (Å²) in [4.78, 5) is 23.2. The molecule has 0 saturated heterocycles. The van der Waals surface area contributed by atoms with E-state index in [2.05, 4.69) is 5.32 Å². The lowest BCUT2D eigenvalue weighted by molar-refractivity contribution is -0.167. The maximum atomic E-state index is 12.4. The van der Waals surface area contributed by atoms with Gasteiger partial charge in [0.2, 0.25) is 5.91 Å². The number of carbonyl (C=O) groups is 2. The number of nitrogens with one attached hydrogen (secondary N) is 2. The lowest BCUT2D eigenvalue weighted by Crippen LogP contribution is -2.31. The predicted molar refractivity (Wildman–Crippen MR) is 94.3 cm³/mol. The molecule has 0 saturated carbocycles. The van der Waals surface area contributed by atoms with Gasteiger partial charge in [-0.25, -0.2) is 0 Å². The molecule has 2 rings (SSSR count). The van der Waals surface area contributed by atoms with Crippen molar-refractivity contribution in [1.82, 2.24) is 5.32 Å². The molecule has 0 aliphatic rings. The number of hydrogen-bond acceptors (Lipinski definition) is 3. The van der Waals surface area contributed by atoms with Gasteiger partial charge >= 0.3 is 12.1 Å². The Hall–Kier alpha value is -3.03. The van der Waals surface area contributed by atoms with Crippen LogP contribution in [0.3, 0.4) is 0 Å². The van der Waals surface area contributed by atoms with Gasteiger partial charge in [0, 0.05) is 12.2 Å². The second kappa shape index (κ2) is 9.07. The molecule has 0 fully saturated rings. The SMILES string of the molecule is CCOc1ccc(CC(=O)NCc2ccccc2NC(=O)C(F)(F)F)cc1. The summed E-state index contributed by atoms with van der Waals surface area (Å²) in [6.07, 6.45) is -4.87. The summed E-state index contributed by atoms with van der Waals surface area (Å²) in [5.41, 5.74) is 1.14. The maximum Gasteiger partial charge on any atom is 0.471 e. The van der Waals surface area contributed by atoms with Crippen molar-refractivity contribution in [1.29, 1.82) is 0 Å². The molecule has 2 amide bonds. The summed E-state index contributed by atoms with van der Waals surface area (Å²) in [7, 11) is 0. The van der Waals surface area contributed by atoms with Crippen LogP contribution < -0.4 is 15.4 Å². The van der Waals surface area contributed by atoms with Gasteiger partial charge in [0.15, 0.2) is 0 Å². The van der Waals surface area contributed by atoms with E-state index in [1.807, 2.05) is 12.2 Å². The number of carbonyl (C=O) groups excluding carboxylic acids is 2. The number of ether oxygens (including phenoxy) is 1. The Morgan fingerprint density at radius 2 is 1.70 bits per heavy atom. The lowest BCUT2D eigenvalue weighted by Gasteiger charge is -2.13. The highest BCUT2D eigenvalue weighted by Gasteiger charge is 2.38. The smallest absolute Gasteiger partial charge is 0.471 e. The van der Waals surface area contributed by atoms with Gasteiger partial charge in [-0.05, 0) is 36.2 Å². The number of rotatable bonds is 7. The highest BCUT2D eigenvalue weighted by atomic mass is 19.4. The third-order valence-electron chi connectivity index (χ3n) is 3.60. The van der Waals surface area contributed by atoms with Crippen molar-refractivity contribution in [3.05, 3.63) is 59.7 Å². The molecule has 0 heterocycles. The number of benzene rings is 2. The summed E-state index contributed by atoms with van der Waals surface area (Å²) in [5, 5.41) is 4.45. The molecule has 144 valence electrons. The largest absolute Gasteiger partial charge is 0.494 e. The van der Waals surface area contributed by atoms with Gasteiger partial charge in [0.1, 0.15) is 5.75 Å². The average Bonchev–Trinajstić information content (AvgIpc) is 2.62. The molecule has 0 atom stereocenters. The van der Waals surface area contributed by atoms with Crippen LogP contribution in [0.2, 0.25) is 0 Å². The van der Waals surface area contributed by atoms with Crippen LogP contribution in [0.5, 0.6) is 5.75 Å². The second-order valence-corrected chi connectivity index (χ2v) is 5.64. The molecule has 8 heteroatoms. The number of halogens is 3. The molecule has 0 aliphatic heterocycles. The third kappa shape index (κ3) is 6.32. The fraction of sp³-hybridized carbons (Fsp3) is 0.263. The standard InChI is InChI=1S/C19H19F3N2O3/c1-2-27-15-9-7-13(8-10-15)11-17(25)23-12-14-5-3-4-6-16(14)24-18(26)19(20,21)22/h3-10H,2,11-12H2,1H3,(H,23,25)(H,24,26). The van der Waals surface area contributed by atoms with Gasteiger partial charge in [-0.3, -0.25) is 9.59 Å². The Bertz CT molecular complexity index is 790. The first-order chi connectivity index (χ1) is 12.8. The number of anilines is 1. The Morgan fingerprint density at radius 1 is 1.04 bits per heavy atom. The van der Waals surface area contributed by atoms with E-state index in [9.17, 15) is 22.8 Å². The van der Waals surface area contributed by atoms with Crippen LogP contribution in [-0.2, 0) is 22.6 Å².